The minimum atomic E-state index is 0.0980. The van der Waals surface area contributed by atoms with Crippen LogP contribution in [0.25, 0.3) is 32.7 Å². The Balaban J connectivity index is 1.13. The van der Waals surface area contributed by atoms with Crippen molar-refractivity contribution in [2.24, 2.45) is 0 Å². The maximum absolute atomic E-state index is 12.4. The van der Waals surface area contributed by atoms with Crippen LogP contribution in [0.1, 0.15) is 31.2 Å². The molecule has 0 fully saturated rings. The molecule has 0 saturated heterocycles. The SMILES string of the molecule is Nc1nc2ccccc2c2c1ncn2CCCCCC(=O)NCc1cccc2ccccc12. The van der Waals surface area contributed by atoms with Crippen LogP contribution >= 0.6 is 0 Å². The fourth-order valence-corrected chi connectivity index (χ4v) is 4.45. The second kappa shape index (κ2) is 9.28. The lowest BCUT2D eigenvalue weighted by atomic mass is 10.0. The number of hydrogen-bond donors (Lipinski definition) is 2. The highest BCUT2D eigenvalue weighted by Crippen LogP contribution is 2.27. The van der Waals surface area contributed by atoms with Crippen LogP contribution in [0, 0.1) is 0 Å². The standard InChI is InChI=1S/C27H27N5O/c28-27-25-26(22-13-5-6-14-23(22)31-27)32(18-30-25)16-7-1-2-15-24(33)29-17-20-11-8-10-19-9-3-4-12-21(19)20/h3-6,8-14,18H,1-2,7,15-17H2,(H2,28,31)(H,29,33). The van der Waals surface area contributed by atoms with Gasteiger partial charge in [0.05, 0.1) is 17.4 Å². The molecule has 1 amide bonds. The third kappa shape index (κ3) is 4.37. The van der Waals surface area contributed by atoms with Crippen LogP contribution < -0.4 is 11.1 Å². The van der Waals surface area contributed by atoms with Crippen molar-refractivity contribution in [3.8, 4) is 0 Å². The van der Waals surface area contributed by atoms with Crippen molar-refractivity contribution < 1.29 is 4.79 Å². The molecule has 0 unspecified atom stereocenters. The first kappa shape index (κ1) is 20.9. The molecule has 2 heterocycles. The number of carbonyl (C=O) groups is 1. The van der Waals surface area contributed by atoms with E-state index in [2.05, 4.69) is 50.2 Å². The number of imidazole rings is 1. The molecule has 0 saturated carbocycles. The monoisotopic (exact) mass is 437 g/mol. The van der Waals surface area contributed by atoms with Crippen molar-refractivity contribution in [3.63, 3.8) is 0 Å². The van der Waals surface area contributed by atoms with Crippen LogP contribution in [-0.2, 0) is 17.9 Å². The van der Waals surface area contributed by atoms with E-state index in [1.165, 1.54) is 10.8 Å². The van der Waals surface area contributed by atoms with Gasteiger partial charge in [-0.1, -0.05) is 67.1 Å². The van der Waals surface area contributed by atoms with Crippen molar-refractivity contribution in [3.05, 3.63) is 78.6 Å². The van der Waals surface area contributed by atoms with E-state index in [0.717, 1.165) is 53.3 Å². The average molecular weight is 438 g/mol. The first-order valence-electron chi connectivity index (χ1n) is 11.4. The molecule has 0 radical (unpaired) electrons. The lowest BCUT2D eigenvalue weighted by Crippen LogP contribution is -2.22. The number of nitrogen functional groups attached to an aromatic ring is 1. The van der Waals surface area contributed by atoms with Gasteiger partial charge in [-0.15, -0.1) is 0 Å². The van der Waals surface area contributed by atoms with Gasteiger partial charge in [0.2, 0.25) is 5.91 Å². The van der Waals surface area contributed by atoms with Crippen LogP contribution in [0.15, 0.2) is 73.1 Å². The molecule has 0 spiro atoms. The first-order valence-corrected chi connectivity index (χ1v) is 11.4. The van der Waals surface area contributed by atoms with E-state index >= 15 is 0 Å². The van der Waals surface area contributed by atoms with Crippen LogP contribution in [0.2, 0.25) is 0 Å². The average Bonchev–Trinajstić information content (AvgIpc) is 3.27. The van der Waals surface area contributed by atoms with Gasteiger partial charge in [-0.2, -0.15) is 0 Å². The van der Waals surface area contributed by atoms with E-state index < -0.39 is 0 Å². The molecular weight excluding hydrogens is 410 g/mol. The lowest BCUT2D eigenvalue weighted by molar-refractivity contribution is -0.121. The Bertz CT molecular complexity index is 1430. The number of carbonyl (C=O) groups excluding carboxylic acids is 1. The number of aryl methyl sites for hydroxylation is 1. The zero-order chi connectivity index (χ0) is 22.6. The molecule has 33 heavy (non-hydrogen) atoms. The van der Waals surface area contributed by atoms with Crippen molar-refractivity contribution in [2.75, 3.05) is 5.73 Å². The number of hydrogen-bond acceptors (Lipinski definition) is 4. The molecule has 6 heteroatoms. The number of anilines is 1. The molecule has 0 atom stereocenters. The number of benzene rings is 3. The summed E-state index contributed by atoms with van der Waals surface area (Å²) in [4.78, 5) is 21.3. The molecule has 0 aliphatic rings. The molecule has 166 valence electrons. The van der Waals surface area contributed by atoms with Crippen LogP contribution in [0.3, 0.4) is 0 Å². The molecule has 0 bridgehead atoms. The van der Waals surface area contributed by atoms with Gasteiger partial charge in [0.25, 0.3) is 0 Å². The van der Waals surface area contributed by atoms with E-state index in [9.17, 15) is 4.79 Å². The normalized spacial score (nSPS) is 11.4. The van der Waals surface area contributed by atoms with Gasteiger partial charge in [0.15, 0.2) is 5.82 Å². The fraction of sp³-hybridized carbons (Fsp3) is 0.222. The number of fused-ring (bicyclic) bond motifs is 4. The van der Waals surface area contributed by atoms with E-state index in [4.69, 9.17) is 5.73 Å². The molecule has 6 nitrogen and oxygen atoms in total. The second-order valence-corrected chi connectivity index (χ2v) is 8.38. The van der Waals surface area contributed by atoms with Gasteiger partial charge in [-0.05, 0) is 35.2 Å². The molecule has 3 N–H and O–H groups in total. The predicted molar refractivity (Wildman–Crippen MR) is 134 cm³/mol. The summed E-state index contributed by atoms with van der Waals surface area (Å²) in [6.07, 6.45) is 5.18. The summed E-state index contributed by atoms with van der Waals surface area (Å²) in [7, 11) is 0. The number of nitrogens with one attached hydrogen (secondary N) is 1. The zero-order valence-corrected chi connectivity index (χ0v) is 18.5. The second-order valence-electron chi connectivity index (χ2n) is 8.38. The van der Waals surface area contributed by atoms with Gasteiger partial charge in [-0.25, -0.2) is 9.97 Å². The van der Waals surface area contributed by atoms with Gasteiger partial charge in [-0.3, -0.25) is 4.79 Å². The quantitative estimate of drug-likeness (QED) is 0.327. The number of pyridine rings is 1. The Kier molecular flexibility index (Phi) is 5.89. The highest BCUT2D eigenvalue weighted by atomic mass is 16.1. The van der Waals surface area contributed by atoms with Gasteiger partial charge >= 0.3 is 0 Å². The summed E-state index contributed by atoms with van der Waals surface area (Å²) in [5, 5.41) is 6.52. The summed E-state index contributed by atoms with van der Waals surface area (Å²) in [5.74, 6) is 0.561. The smallest absolute Gasteiger partial charge is 0.220 e. The van der Waals surface area contributed by atoms with E-state index in [0.29, 0.717) is 18.8 Å². The van der Waals surface area contributed by atoms with Crippen molar-refractivity contribution in [1.82, 2.24) is 19.9 Å². The summed E-state index contributed by atoms with van der Waals surface area (Å²) >= 11 is 0. The Hall–Kier alpha value is -3.93. The Morgan fingerprint density at radius 2 is 1.70 bits per heavy atom. The van der Waals surface area contributed by atoms with Gasteiger partial charge in [0.1, 0.15) is 5.52 Å². The molecule has 0 aliphatic heterocycles. The molecule has 5 rings (SSSR count). The molecular formula is C27H27N5O. The summed E-state index contributed by atoms with van der Waals surface area (Å²) < 4.78 is 2.15. The Labute approximate surface area is 192 Å². The molecule has 3 aromatic carbocycles. The first-order chi connectivity index (χ1) is 16.2. The van der Waals surface area contributed by atoms with Gasteiger partial charge in [0, 0.05) is 24.9 Å². The zero-order valence-electron chi connectivity index (χ0n) is 18.5. The van der Waals surface area contributed by atoms with E-state index in [1.54, 1.807) is 0 Å². The number of nitrogens with two attached hydrogens (primary N) is 1. The lowest BCUT2D eigenvalue weighted by Gasteiger charge is -2.09. The van der Waals surface area contributed by atoms with E-state index in [-0.39, 0.29) is 5.91 Å². The molecule has 0 aliphatic carbocycles. The van der Waals surface area contributed by atoms with Crippen LogP contribution in [-0.4, -0.2) is 20.4 Å². The Morgan fingerprint density at radius 1 is 0.909 bits per heavy atom. The molecule has 5 aromatic rings. The third-order valence-corrected chi connectivity index (χ3v) is 6.14. The molecule has 2 aromatic heterocycles. The maximum Gasteiger partial charge on any atom is 0.220 e. The van der Waals surface area contributed by atoms with Crippen molar-refractivity contribution in [2.45, 2.75) is 38.8 Å². The Morgan fingerprint density at radius 3 is 2.61 bits per heavy atom. The largest absolute Gasteiger partial charge is 0.382 e. The van der Waals surface area contributed by atoms with Crippen LogP contribution in [0.5, 0.6) is 0 Å². The minimum absolute atomic E-state index is 0.0980. The fourth-order valence-electron chi connectivity index (χ4n) is 4.45. The number of aromatic nitrogens is 3. The van der Waals surface area contributed by atoms with Crippen LogP contribution in [0.4, 0.5) is 5.82 Å². The number of rotatable bonds is 8. The summed E-state index contributed by atoms with van der Waals surface area (Å²) in [6, 6.07) is 22.5. The summed E-state index contributed by atoms with van der Waals surface area (Å²) in [5.41, 5.74) is 9.93. The third-order valence-electron chi connectivity index (χ3n) is 6.14. The topological polar surface area (TPSA) is 85.8 Å². The number of amides is 1. The number of nitrogens with zero attached hydrogens (tertiary/aromatic N) is 3. The van der Waals surface area contributed by atoms with E-state index in [1.807, 2.05) is 42.7 Å². The maximum atomic E-state index is 12.4. The van der Waals surface area contributed by atoms with Crippen molar-refractivity contribution >= 4 is 44.4 Å². The number of unbranched alkanes of at least 4 members (excludes halogenated alkanes) is 2. The summed E-state index contributed by atoms with van der Waals surface area (Å²) in [6.45, 7) is 1.39. The highest BCUT2D eigenvalue weighted by Gasteiger charge is 2.12. The highest BCUT2D eigenvalue weighted by molar-refractivity contribution is 6.06. The predicted octanol–water partition coefficient (Wildman–Crippen LogP) is 5.20. The van der Waals surface area contributed by atoms with Gasteiger partial charge < -0.3 is 15.6 Å². The van der Waals surface area contributed by atoms with Crippen molar-refractivity contribution in [1.29, 1.82) is 0 Å². The number of para-hydroxylation sites is 1. The minimum Gasteiger partial charge on any atom is -0.382 e.